The van der Waals surface area contributed by atoms with Gasteiger partial charge in [0, 0.05) is 10.7 Å². The van der Waals surface area contributed by atoms with Gasteiger partial charge in [0.05, 0.1) is 5.69 Å². The quantitative estimate of drug-likeness (QED) is 0.879. The summed E-state index contributed by atoms with van der Waals surface area (Å²) in [6.45, 7) is 8.05. The van der Waals surface area contributed by atoms with Gasteiger partial charge >= 0.3 is 0 Å². The maximum atomic E-state index is 6.26. The highest BCUT2D eigenvalue weighted by Gasteiger charge is 2.12. The smallest absolute Gasteiger partial charge is 0.242 e. The number of pyridine rings is 1. The number of hydrogen-bond acceptors (Lipinski definition) is 3. The lowest BCUT2D eigenvalue weighted by Gasteiger charge is -2.15. The van der Waals surface area contributed by atoms with Gasteiger partial charge in [0.15, 0.2) is 0 Å². The first-order valence-electron chi connectivity index (χ1n) is 6.59. The summed E-state index contributed by atoms with van der Waals surface area (Å²) in [6, 6.07) is 7.53. The van der Waals surface area contributed by atoms with Crippen molar-refractivity contribution in [2.45, 2.75) is 33.6 Å². The van der Waals surface area contributed by atoms with Gasteiger partial charge < -0.3 is 10.5 Å². The van der Waals surface area contributed by atoms with Crippen LogP contribution in [-0.4, -0.2) is 4.98 Å². The van der Waals surface area contributed by atoms with Gasteiger partial charge in [-0.1, -0.05) is 25.4 Å². The summed E-state index contributed by atoms with van der Waals surface area (Å²) in [5.74, 6) is 1.50. The fourth-order valence-electron chi connectivity index (χ4n) is 1.95. The molecule has 3 nitrogen and oxygen atoms in total. The molecule has 20 heavy (non-hydrogen) atoms. The number of hydrogen-bond donors (Lipinski definition) is 1. The molecule has 1 aromatic heterocycles. The molecule has 4 heteroatoms. The Hall–Kier alpha value is -1.74. The number of anilines is 1. The van der Waals surface area contributed by atoms with Crippen molar-refractivity contribution in [2.75, 3.05) is 5.73 Å². The topological polar surface area (TPSA) is 48.1 Å². The molecule has 0 fully saturated rings. The van der Waals surface area contributed by atoms with E-state index in [2.05, 4.69) is 18.8 Å². The van der Waals surface area contributed by atoms with Gasteiger partial charge in [-0.2, -0.15) is 0 Å². The average Bonchev–Trinajstić information content (AvgIpc) is 2.36. The molecular weight excluding hydrogens is 272 g/mol. The van der Waals surface area contributed by atoms with Crippen molar-refractivity contribution in [3.8, 4) is 11.6 Å². The molecule has 2 N–H and O–H groups in total. The number of nitrogens with two attached hydrogens (primary N) is 1. The van der Waals surface area contributed by atoms with Crippen LogP contribution in [0.25, 0.3) is 0 Å². The molecular formula is C16H19ClN2O. The first-order valence-corrected chi connectivity index (χ1v) is 6.97. The average molecular weight is 291 g/mol. The van der Waals surface area contributed by atoms with Gasteiger partial charge in [0.2, 0.25) is 5.88 Å². The number of benzene rings is 1. The Morgan fingerprint density at radius 1 is 1.20 bits per heavy atom. The van der Waals surface area contributed by atoms with E-state index in [0.717, 1.165) is 27.6 Å². The van der Waals surface area contributed by atoms with E-state index >= 15 is 0 Å². The van der Waals surface area contributed by atoms with Crippen molar-refractivity contribution >= 4 is 17.3 Å². The van der Waals surface area contributed by atoms with E-state index in [9.17, 15) is 0 Å². The number of nitrogen functional groups attached to an aromatic ring is 1. The number of ether oxygens (including phenoxy) is 1. The van der Waals surface area contributed by atoms with Crippen LogP contribution in [-0.2, 0) is 0 Å². The highest BCUT2D eigenvalue weighted by atomic mass is 35.5. The molecule has 0 saturated heterocycles. The minimum Gasteiger partial charge on any atom is -0.437 e. The summed E-state index contributed by atoms with van der Waals surface area (Å²) in [7, 11) is 0. The van der Waals surface area contributed by atoms with Crippen LogP contribution < -0.4 is 10.5 Å². The van der Waals surface area contributed by atoms with Gasteiger partial charge in [-0.15, -0.1) is 0 Å². The number of rotatable bonds is 3. The molecule has 0 unspecified atom stereocenters. The highest BCUT2D eigenvalue weighted by molar-refractivity contribution is 6.31. The zero-order chi connectivity index (χ0) is 14.9. The van der Waals surface area contributed by atoms with Crippen molar-refractivity contribution in [1.29, 1.82) is 0 Å². The molecule has 2 aromatic rings. The van der Waals surface area contributed by atoms with Crippen LogP contribution in [0.3, 0.4) is 0 Å². The Bertz CT molecular complexity index is 639. The predicted octanol–water partition coefficient (Wildman–Crippen LogP) is 4.85. The van der Waals surface area contributed by atoms with Crippen molar-refractivity contribution in [3.63, 3.8) is 0 Å². The second-order valence-corrected chi connectivity index (χ2v) is 5.65. The summed E-state index contributed by atoms with van der Waals surface area (Å²) >= 11 is 6.26. The van der Waals surface area contributed by atoms with Gasteiger partial charge in [-0.25, -0.2) is 4.98 Å². The Balaban J connectivity index is 2.43. The maximum absolute atomic E-state index is 6.26. The molecule has 1 aromatic carbocycles. The van der Waals surface area contributed by atoms with Crippen LogP contribution in [0.15, 0.2) is 24.3 Å². The molecule has 0 aliphatic carbocycles. The largest absolute Gasteiger partial charge is 0.437 e. The van der Waals surface area contributed by atoms with Crippen LogP contribution in [0.1, 0.15) is 36.6 Å². The summed E-state index contributed by atoms with van der Waals surface area (Å²) in [5, 5.41) is 0.759. The number of nitrogens with zero attached hydrogens (tertiary/aromatic N) is 1. The molecule has 0 bridgehead atoms. The lowest BCUT2D eigenvalue weighted by atomic mass is 10.0. The van der Waals surface area contributed by atoms with Crippen LogP contribution >= 0.6 is 11.6 Å². The zero-order valence-corrected chi connectivity index (χ0v) is 13.0. The molecule has 1 heterocycles. The Morgan fingerprint density at radius 2 is 1.90 bits per heavy atom. The summed E-state index contributed by atoms with van der Waals surface area (Å²) in [4.78, 5) is 4.33. The van der Waals surface area contributed by atoms with E-state index in [-0.39, 0.29) is 0 Å². The lowest BCUT2D eigenvalue weighted by Crippen LogP contribution is -1.99. The Kier molecular flexibility index (Phi) is 4.19. The first-order chi connectivity index (χ1) is 9.38. The normalized spacial score (nSPS) is 10.9. The Labute approximate surface area is 124 Å². The first kappa shape index (κ1) is 14.7. The third kappa shape index (κ3) is 3.05. The summed E-state index contributed by atoms with van der Waals surface area (Å²) in [5.41, 5.74) is 9.31. The van der Waals surface area contributed by atoms with Crippen molar-refractivity contribution in [3.05, 3.63) is 46.1 Å². The molecule has 0 saturated carbocycles. The fraction of sp³-hybridized carbons (Fsp3) is 0.312. The van der Waals surface area contributed by atoms with Gasteiger partial charge in [-0.05, 0) is 55.2 Å². The number of aromatic nitrogens is 1. The highest BCUT2D eigenvalue weighted by Crippen LogP contribution is 2.34. The number of halogens is 1. The Morgan fingerprint density at radius 3 is 2.55 bits per heavy atom. The molecule has 0 aliphatic rings. The molecule has 0 atom stereocenters. The molecule has 0 radical (unpaired) electrons. The van der Waals surface area contributed by atoms with E-state index in [1.165, 1.54) is 0 Å². The molecule has 0 amide bonds. The van der Waals surface area contributed by atoms with Crippen molar-refractivity contribution in [2.24, 2.45) is 0 Å². The molecule has 0 aliphatic heterocycles. The van der Waals surface area contributed by atoms with Crippen molar-refractivity contribution < 1.29 is 4.74 Å². The predicted molar refractivity (Wildman–Crippen MR) is 83.7 cm³/mol. The fourth-order valence-corrected chi connectivity index (χ4v) is 2.39. The standard InChI is InChI=1S/C16H19ClN2O/c1-9(2)12-8-15(10(3)7-13(12)17)20-16-14(18)6-5-11(4)19-16/h5-9H,18H2,1-4H3. The number of aryl methyl sites for hydroxylation is 2. The maximum Gasteiger partial charge on any atom is 0.242 e. The second-order valence-electron chi connectivity index (χ2n) is 5.24. The van der Waals surface area contributed by atoms with E-state index < -0.39 is 0 Å². The molecule has 0 spiro atoms. The summed E-state index contributed by atoms with van der Waals surface area (Å²) in [6.07, 6.45) is 0. The second kappa shape index (κ2) is 5.71. The summed E-state index contributed by atoms with van der Waals surface area (Å²) < 4.78 is 5.87. The SMILES string of the molecule is Cc1ccc(N)c(Oc2cc(C(C)C)c(Cl)cc2C)n1. The third-order valence-corrected chi connectivity index (χ3v) is 3.48. The van der Waals surface area contributed by atoms with Crippen molar-refractivity contribution in [1.82, 2.24) is 4.98 Å². The molecule has 2 rings (SSSR count). The van der Waals surface area contributed by atoms with Gasteiger partial charge in [-0.3, -0.25) is 0 Å². The van der Waals surface area contributed by atoms with Gasteiger partial charge in [0.25, 0.3) is 0 Å². The van der Waals surface area contributed by atoms with E-state index in [1.807, 2.05) is 32.0 Å². The van der Waals surface area contributed by atoms with E-state index in [1.54, 1.807) is 6.07 Å². The van der Waals surface area contributed by atoms with Crippen LogP contribution in [0, 0.1) is 13.8 Å². The van der Waals surface area contributed by atoms with E-state index in [0.29, 0.717) is 17.5 Å². The monoisotopic (exact) mass is 290 g/mol. The molecule has 106 valence electrons. The minimum atomic E-state index is 0.327. The van der Waals surface area contributed by atoms with Crippen LogP contribution in [0.5, 0.6) is 11.6 Å². The van der Waals surface area contributed by atoms with Gasteiger partial charge in [0.1, 0.15) is 5.75 Å². The van der Waals surface area contributed by atoms with E-state index in [4.69, 9.17) is 22.1 Å². The van der Waals surface area contributed by atoms with Crippen LogP contribution in [0.2, 0.25) is 5.02 Å². The lowest BCUT2D eigenvalue weighted by molar-refractivity contribution is 0.460. The minimum absolute atomic E-state index is 0.327. The zero-order valence-electron chi connectivity index (χ0n) is 12.2. The van der Waals surface area contributed by atoms with Crippen LogP contribution in [0.4, 0.5) is 5.69 Å². The third-order valence-electron chi connectivity index (χ3n) is 3.15.